The van der Waals surface area contributed by atoms with E-state index < -0.39 is 71.1 Å². The van der Waals surface area contributed by atoms with Gasteiger partial charge in [-0.15, -0.1) is 10.2 Å². The van der Waals surface area contributed by atoms with Gasteiger partial charge in [-0.3, -0.25) is 4.79 Å². The van der Waals surface area contributed by atoms with E-state index in [0.717, 1.165) is 6.08 Å². The molecule has 0 spiro atoms. The number of pyridine rings is 1. The molecule has 8 nitrogen and oxygen atoms in total. The normalized spacial score (nSPS) is 21.4. The minimum Gasteiger partial charge on any atom is -0.474 e. The first kappa shape index (κ1) is 27.1. The monoisotopic (exact) mass is 542 g/mol. The first-order chi connectivity index (χ1) is 17.8. The lowest BCUT2D eigenvalue weighted by molar-refractivity contribution is -0.280. The quantitative estimate of drug-likeness (QED) is 0.438. The van der Waals surface area contributed by atoms with Crippen molar-refractivity contribution in [3.8, 4) is 17.5 Å². The van der Waals surface area contributed by atoms with Crippen LogP contribution in [0.5, 0.6) is 5.88 Å². The molecule has 3 heterocycles. The molecule has 1 aromatic carbocycles. The number of nitrogens with zero attached hydrogens (tertiary/aromatic N) is 3. The second kappa shape index (κ2) is 10.1. The number of aromatic nitrogens is 3. The van der Waals surface area contributed by atoms with Gasteiger partial charge in [0.2, 0.25) is 11.7 Å². The predicted molar refractivity (Wildman–Crippen MR) is 119 cm³/mol. The van der Waals surface area contributed by atoms with Crippen molar-refractivity contribution in [2.45, 2.75) is 50.4 Å². The van der Waals surface area contributed by atoms with Crippen LogP contribution in [0.2, 0.25) is 0 Å². The second-order valence-corrected chi connectivity index (χ2v) is 8.41. The fourth-order valence-corrected chi connectivity index (χ4v) is 3.67. The molecule has 0 saturated heterocycles. The summed E-state index contributed by atoms with van der Waals surface area (Å²) in [6.07, 6.45) is -9.34. The first-order valence-corrected chi connectivity index (χ1v) is 11.2. The molecule has 2 aromatic heterocycles. The van der Waals surface area contributed by atoms with E-state index in [2.05, 4.69) is 15.2 Å². The second-order valence-electron chi connectivity index (χ2n) is 8.41. The summed E-state index contributed by atoms with van der Waals surface area (Å²) < 4.78 is 101. The summed E-state index contributed by atoms with van der Waals surface area (Å²) in [5.41, 5.74) is -0.132. The molecule has 2 N–H and O–H groups in total. The number of ether oxygens (including phenoxy) is 2. The Hall–Kier alpha value is -3.94. The van der Waals surface area contributed by atoms with Gasteiger partial charge in [-0.25, -0.2) is 4.98 Å². The largest absolute Gasteiger partial charge is 0.474 e. The number of benzene rings is 1. The van der Waals surface area contributed by atoms with E-state index >= 15 is 0 Å². The van der Waals surface area contributed by atoms with Crippen molar-refractivity contribution < 1.29 is 45.0 Å². The summed E-state index contributed by atoms with van der Waals surface area (Å²) in [4.78, 5) is 16.9. The van der Waals surface area contributed by atoms with Gasteiger partial charge in [-0.2, -0.15) is 26.3 Å². The molecule has 0 radical (unpaired) electrons. The summed E-state index contributed by atoms with van der Waals surface area (Å²) >= 11 is 0. The number of halogens is 6. The van der Waals surface area contributed by atoms with E-state index in [4.69, 9.17) is 19.6 Å². The van der Waals surface area contributed by atoms with Crippen molar-refractivity contribution in [3.05, 3.63) is 65.6 Å². The molecule has 0 saturated carbocycles. The highest BCUT2D eigenvalue weighted by Gasteiger charge is 2.66. The molecule has 0 amide bonds. The molecule has 202 valence electrons. The fraction of sp³-hybridized carbons (Fsp3) is 0.333. The van der Waals surface area contributed by atoms with Crippen LogP contribution in [0.3, 0.4) is 0 Å². The van der Waals surface area contributed by atoms with Crippen LogP contribution in [-0.4, -0.2) is 33.2 Å². The van der Waals surface area contributed by atoms with E-state index in [1.165, 1.54) is 19.1 Å². The summed E-state index contributed by atoms with van der Waals surface area (Å²) in [5.74, 6) is -4.47. The fourth-order valence-electron chi connectivity index (χ4n) is 3.67. The Morgan fingerprint density at radius 1 is 1.13 bits per heavy atom. The van der Waals surface area contributed by atoms with Crippen LogP contribution in [0, 0.1) is 0 Å². The standard InChI is InChI=1S/C24H20F6N4O4/c1-13-7-5-6-10-17(35)22(24(28,29)30,36-12-14-8-3-2-4-9-14)21-34-33-20(38-21)18-16(31)11-15(23(25,26)27)19(32-18)37-13/h2-4,6,8-11,13H,5,7,12,31H2,1H3/b10-6-/t13-,22?/m1/s1. The molecule has 4 rings (SSSR count). The molecule has 14 heteroatoms. The minimum atomic E-state index is -5.38. The summed E-state index contributed by atoms with van der Waals surface area (Å²) in [5, 5.41) is 6.90. The van der Waals surface area contributed by atoms with Crippen molar-refractivity contribution >= 4 is 11.5 Å². The van der Waals surface area contributed by atoms with E-state index in [1.54, 1.807) is 18.2 Å². The predicted octanol–water partition coefficient (Wildman–Crippen LogP) is 5.39. The molecular weight excluding hydrogens is 522 g/mol. The summed E-state index contributed by atoms with van der Waals surface area (Å²) in [7, 11) is 0. The Balaban J connectivity index is 1.91. The molecule has 0 aliphatic carbocycles. The van der Waals surface area contributed by atoms with Gasteiger partial charge in [0.25, 0.3) is 11.8 Å². The van der Waals surface area contributed by atoms with Gasteiger partial charge in [0.05, 0.1) is 18.4 Å². The molecule has 0 fully saturated rings. The van der Waals surface area contributed by atoms with Crippen molar-refractivity contribution in [1.29, 1.82) is 0 Å². The van der Waals surface area contributed by atoms with Crippen molar-refractivity contribution in [1.82, 2.24) is 15.2 Å². The number of anilines is 1. The van der Waals surface area contributed by atoms with Crippen LogP contribution >= 0.6 is 0 Å². The van der Waals surface area contributed by atoms with E-state index in [1.807, 2.05) is 0 Å². The molecular formula is C24H20F6N4O4. The highest BCUT2D eigenvalue weighted by molar-refractivity contribution is 5.98. The topological polar surface area (TPSA) is 113 Å². The third-order valence-electron chi connectivity index (χ3n) is 5.62. The highest BCUT2D eigenvalue weighted by atomic mass is 19.4. The van der Waals surface area contributed by atoms with Crippen LogP contribution in [0.4, 0.5) is 32.0 Å². The smallest absolute Gasteiger partial charge is 0.434 e. The molecule has 4 bridgehead atoms. The Morgan fingerprint density at radius 2 is 1.84 bits per heavy atom. The first-order valence-electron chi connectivity index (χ1n) is 11.2. The number of nitrogen functional groups attached to an aromatic ring is 1. The van der Waals surface area contributed by atoms with Gasteiger partial charge in [-0.1, -0.05) is 36.4 Å². The zero-order valence-electron chi connectivity index (χ0n) is 19.6. The number of carbonyl (C=O) groups is 1. The number of hydrogen-bond donors (Lipinski definition) is 1. The zero-order chi connectivity index (χ0) is 27.7. The van der Waals surface area contributed by atoms with Gasteiger partial charge in [-0.05, 0) is 37.5 Å². The van der Waals surface area contributed by atoms with Crippen molar-refractivity contribution in [3.63, 3.8) is 0 Å². The molecule has 1 aliphatic heterocycles. The van der Waals surface area contributed by atoms with E-state index in [-0.39, 0.29) is 12.8 Å². The van der Waals surface area contributed by atoms with Crippen LogP contribution in [0.1, 0.15) is 36.8 Å². The molecule has 38 heavy (non-hydrogen) atoms. The number of rotatable bonds is 3. The maximum absolute atomic E-state index is 14.6. The molecule has 2 atom stereocenters. The number of carbonyl (C=O) groups excluding carboxylic acids is 1. The zero-order valence-corrected chi connectivity index (χ0v) is 19.6. The minimum absolute atomic E-state index is 0.0161. The Bertz CT molecular complexity index is 1340. The Kier molecular flexibility index (Phi) is 7.19. The third-order valence-corrected chi connectivity index (χ3v) is 5.62. The van der Waals surface area contributed by atoms with Crippen molar-refractivity contribution in [2.24, 2.45) is 0 Å². The van der Waals surface area contributed by atoms with Gasteiger partial charge < -0.3 is 19.6 Å². The highest BCUT2D eigenvalue weighted by Crippen LogP contribution is 2.45. The van der Waals surface area contributed by atoms with Crippen LogP contribution < -0.4 is 10.5 Å². The van der Waals surface area contributed by atoms with Gasteiger partial charge in [0, 0.05) is 0 Å². The molecule has 1 unspecified atom stereocenters. The third kappa shape index (κ3) is 5.21. The number of hydrogen-bond acceptors (Lipinski definition) is 8. The lowest BCUT2D eigenvalue weighted by Crippen LogP contribution is -2.51. The molecule has 3 aromatic rings. The SMILES string of the molecule is C[C@@H]1CC/C=C\C(=O)C(OCc2ccccc2)(C(F)(F)F)c2nnc(o2)-c2nc(c(C(F)(F)F)cc2N)O1. The Morgan fingerprint density at radius 3 is 2.50 bits per heavy atom. The maximum atomic E-state index is 14.6. The van der Waals surface area contributed by atoms with Crippen LogP contribution in [0.15, 0.2) is 53.0 Å². The number of alkyl halides is 6. The van der Waals surface area contributed by atoms with Gasteiger partial charge >= 0.3 is 18.0 Å². The lowest BCUT2D eigenvalue weighted by Gasteiger charge is -2.30. The number of nitrogens with two attached hydrogens (primary N) is 1. The number of allylic oxidation sites excluding steroid dienone is 1. The van der Waals surface area contributed by atoms with Crippen LogP contribution in [0.25, 0.3) is 11.6 Å². The number of fused-ring (bicyclic) bond motifs is 5. The van der Waals surface area contributed by atoms with Gasteiger partial charge in [0.15, 0.2) is 5.69 Å². The summed E-state index contributed by atoms with van der Waals surface area (Å²) in [6.45, 7) is 0.778. The number of ketones is 1. The maximum Gasteiger partial charge on any atom is 0.434 e. The lowest BCUT2D eigenvalue weighted by atomic mass is 9.95. The average Bonchev–Trinajstić information content (AvgIpc) is 3.32. The Labute approximate surface area is 211 Å². The molecule has 1 aliphatic rings. The van der Waals surface area contributed by atoms with Crippen LogP contribution in [-0.2, 0) is 27.9 Å². The summed E-state index contributed by atoms with van der Waals surface area (Å²) in [6, 6.07) is 8.26. The van der Waals surface area contributed by atoms with Gasteiger partial charge in [0.1, 0.15) is 5.56 Å². The van der Waals surface area contributed by atoms with Crippen molar-refractivity contribution in [2.75, 3.05) is 5.73 Å². The van der Waals surface area contributed by atoms with E-state index in [0.29, 0.717) is 17.7 Å². The average molecular weight is 542 g/mol. The van der Waals surface area contributed by atoms with E-state index in [9.17, 15) is 31.1 Å².